The van der Waals surface area contributed by atoms with Gasteiger partial charge in [0.15, 0.2) is 0 Å². The zero-order chi connectivity index (χ0) is 16.8. The maximum atomic E-state index is 14.3. The summed E-state index contributed by atoms with van der Waals surface area (Å²) < 4.78 is 23.6. The van der Waals surface area contributed by atoms with Gasteiger partial charge in [0, 0.05) is 12.5 Å². The minimum absolute atomic E-state index is 0.234. The number of ether oxygens (including phenoxy) is 2. The van der Waals surface area contributed by atoms with Crippen LogP contribution in [0.5, 0.6) is 0 Å². The molecule has 2 aromatic rings. The fourth-order valence-electron chi connectivity index (χ4n) is 2.11. The lowest BCUT2D eigenvalue weighted by Gasteiger charge is -2.13. The van der Waals surface area contributed by atoms with Crippen molar-refractivity contribution in [3.63, 3.8) is 0 Å². The molecule has 1 atom stereocenters. The largest absolute Gasteiger partial charge is 0.428 e. The molecule has 0 radical (unpaired) electrons. The van der Waals surface area contributed by atoms with Crippen molar-refractivity contribution < 1.29 is 23.5 Å². The molecular weight excluding hydrogens is 299 g/mol. The highest BCUT2D eigenvalue weighted by atomic mass is 19.1. The van der Waals surface area contributed by atoms with Gasteiger partial charge in [-0.25, -0.2) is 4.39 Å². The van der Waals surface area contributed by atoms with Crippen LogP contribution in [-0.2, 0) is 19.1 Å². The van der Waals surface area contributed by atoms with Crippen LogP contribution in [0.3, 0.4) is 0 Å². The summed E-state index contributed by atoms with van der Waals surface area (Å²) in [7, 11) is 0. The van der Waals surface area contributed by atoms with Gasteiger partial charge in [-0.15, -0.1) is 0 Å². The van der Waals surface area contributed by atoms with E-state index in [4.69, 9.17) is 4.74 Å². The molecule has 0 spiro atoms. The quantitative estimate of drug-likeness (QED) is 0.624. The topological polar surface area (TPSA) is 52.6 Å². The molecule has 23 heavy (non-hydrogen) atoms. The Labute approximate surface area is 133 Å². The summed E-state index contributed by atoms with van der Waals surface area (Å²) in [6.07, 6.45) is 0. The van der Waals surface area contributed by atoms with E-state index in [-0.39, 0.29) is 5.56 Å². The van der Waals surface area contributed by atoms with E-state index >= 15 is 0 Å². The van der Waals surface area contributed by atoms with Crippen LogP contribution in [0.1, 0.15) is 25.3 Å². The van der Waals surface area contributed by atoms with Gasteiger partial charge >= 0.3 is 11.9 Å². The van der Waals surface area contributed by atoms with Gasteiger partial charge in [-0.3, -0.25) is 9.59 Å². The summed E-state index contributed by atoms with van der Waals surface area (Å²) in [5.74, 6) is -2.49. The lowest BCUT2D eigenvalue weighted by molar-refractivity contribution is -0.166. The number of hydrogen-bond acceptors (Lipinski definition) is 4. The molecule has 0 heterocycles. The zero-order valence-corrected chi connectivity index (χ0v) is 12.9. The van der Waals surface area contributed by atoms with E-state index in [2.05, 4.69) is 4.74 Å². The van der Waals surface area contributed by atoms with E-state index in [1.54, 1.807) is 12.1 Å². The van der Waals surface area contributed by atoms with Gasteiger partial charge in [0.05, 0.1) is 5.92 Å². The lowest BCUT2D eigenvalue weighted by Crippen LogP contribution is -2.17. The monoisotopic (exact) mass is 316 g/mol. The predicted octanol–water partition coefficient (Wildman–Crippen LogP) is 3.66. The maximum absolute atomic E-state index is 14.3. The lowest BCUT2D eigenvalue weighted by atomic mass is 9.97. The molecule has 120 valence electrons. The minimum Gasteiger partial charge on any atom is -0.428 e. The standard InChI is InChI=1S/C18H17FO4/c1-12(18(21)23-11-22-13(2)20)16-9-8-15(10-17(16)19)14-6-4-3-5-7-14/h3-10,12H,11H2,1-2H3/t12-/m0/s1. The Morgan fingerprint density at radius 3 is 2.35 bits per heavy atom. The van der Waals surface area contributed by atoms with E-state index in [9.17, 15) is 14.0 Å². The zero-order valence-electron chi connectivity index (χ0n) is 12.9. The molecule has 0 bridgehead atoms. The smallest absolute Gasteiger partial charge is 0.316 e. The van der Waals surface area contributed by atoms with Crippen molar-refractivity contribution in [1.29, 1.82) is 0 Å². The van der Waals surface area contributed by atoms with Crippen LogP contribution < -0.4 is 0 Å². The Morgan fingerprint density at radius 2 is 1.74 bits per heavy atom. The molecule has 0 aliphatic carbocycles. The summed E-state index contributed by atoms with van der Waals surface area (Å²) in [5, 5.41) is 0. The highest BCUT2D eigenvalue weighted by Crippen LogP contribution is 2.26. The van der Waals surface area contributed by atoms with E-state index in [1.807, 2.05) is 30.3 Å². The van der Waals surface area contributed by atoms with Gasteiger partial charge < -0.3 is 9.47 Å². The second-order valence-corrected chi connectivity index (χ2v) is 5.04. The van der Waals surface area contributed by atoms with Gasteiger partial charge in [0.1, 0.15) is 5.82 Å². The highest BCUT2D eigenvalue weighted by Gasteiger charge is 2.21. The van der Waals surface area contributed by atoms with Gasteiger partial charge in [-0.05, 0) is 24.1 Å². The van der Waals surface area contributed by atoms with E-state index in [1.165, 1.54) is 19.9 Å². The number of benzene rings is 2. The molecule has 0 aliphatic rings. The van der Waals surface area contributed by atoms with E-state index in [0.717, 1.165) is 11.1 Å². The van der Waals surface area contributed by atoms with Crippen LogP contribution in [0.25, 0.3) is 11.1 Å². The van der Waals surface area contributed by atoms with Crippen molar-refractivity contribution in [1.82, 2.24) is 0 Å². The molecule has 0 saturated carbocycles. The third kappa shape index (κ3) is 4.39. The second-order valence-electron chi connectivity index (χ2n) is 5.04. The average molecular weight is 316 g/mol. The number of carbonyl (C=O) groups excluding carboxylic acids is 2. The van der Waals surface area contributed by atoms with E-state index in [0.29, 0.717) is 0 Å². The molecule has 0 saturated heterocycles. The van der Waals surface area contributed by atoms with Crippen molar-refractivity contribution in [3.05, 3.63) is 59.9 Å². The highest BCUT2D eigenvalue weighted by molar-refractivity contribution is 5.78. The van der Waals surface area contributed by atoms with Crippen molar-refractivity contribution >= 4 is 11.9 Å². The Balaban J connectivity index is 2.11. The summed E-state index contributed by atoms with van der Waals surface area (Å²) in [4.78, 5) is 22.5. The third-order valence-corrected chi connectivity index (χ3v) is 3.39. The maximum Gasteiger partial charge on any atom is 0.316 e. The third-order valence-electron chi connectivity index (χ3n) is 3.39. The number of rotatable bonds is 5. The number of halogens is 1. The molecule has 2 aromatic carbocycles. The first-order chi connectivity index (χ1) is 11.0. The molecule has 0 fully saturated rings. The van der Waals surface area contributed by atoms with Crippen molar-refractivity contribution in [2.75, 3.05) is 6.79 Å². The Kier molecular flexibility index (Phi) is 5.46. The molecule has 0 aromatic heterocycles. The van der Waals surface area contributed by atoms with Gasteiger partial charge in [0.25, 0.3) is 0 Å². The first kappa shape index (κ1) is 16.7. The first-order valence-corrected chi connectivity index (χ1v) is 7.14. The molecule has 5 heteroatoms. The van der Waals surface area contributed by atoms with Crippen LogP contribution in [0.2, 0.25) is 0 Å². The summed E-state index contributed by atoms with van der Waals surface area (Å²) in [5.41, 5.74) is 1.85. The predicted molar refractivity (Wildman–Crippen MR) is 83.0 cm³/mol. The van der Waals surface area contributed by atoms with Gasteiger partial charge in [-0.1, -0.05) is 42.5 Å². The SMILES string of the molecule is CC(=O)OCOC(=O)[C@@H](C)c1ccc(-c2ccccc2)cc1F. The first-order valence-electron chi connectivity index (χ1n) is 7.14. The number of carbonyl (C=O) groups is 2. The minimum atomic E-state index is -0.796. The fourth-order valence-corrected chi connectivity index (χ4v) is 2.11. The molecule has 0 unspecified atom stereocenters. The number of esters is 2. The van der Waals surface area contributed by atoms with E-state index < -0.39 is 30.5 Å². The molecule has 0 aliphatic heterocycles. The summed E-state index contributed by atoms with van der Waals surface area (Å²) in [6, 6.07) is 14.1. The van der Waals surface area contributed by atoms with Crippen LogP contribution in [0.15, 0.2) is 48.5 Å². The van der Waals surface area contributed by atoms with Gasteiger partial charge in [-0.2, -0.15) is 0 Å². The van der Waals surface area contributed by atoms with Crippen molar-refractivity contribution in [3.8, 4) is 11.1 Å². The normalized spacial score (nSPS) is 11.6. The molecule has 2 rings (SSSR count). The second kappa shape index (κ2) is 7.54. The summed E-state index contributed by atoms with van der Waals surface area (Å²) in [6.45, 7) is 2.28. The van der Waals surface area contributed by atoms with Crippen LogP contribution >= 0.6 is 0 Å². The Hall–Kier alpha value is -2.69. The van der Waals surface area contributed by atoms with Crippen LogP contribution in [-0.4, -0.2) is 18.7 Å². The average Bonchev–Trinajstić information content (AvgIpc) is 2.54. The number of hydrogen-bond donors (Lipinski definition) is 0. The fraction of sp³-hybridized carbons (Fsp3) is 0.222. The molecule has 0 N–H and O–H groups in total. The van der Waals surface area contributed by atoms with Crippen LogP contribution in [0, 0.1) is 5.82 Å². The Bertz CT molecular complexity index is 697. The van der Waals surface area contributed by atoms with Gasteiger partial charge in [0.2, 0.25) is 6.79 Å². The summed E-state index contributed by atoms with van der Waals surface area (Å²) >= 11 is 0. The molecular formula is C18H17FO4. The van der Waals surface area contributed by atoms with Crippen molar-refractivity contribution in [2.24, 2.45) is 0 Å². The van der Waals surface area contributed by atoms with Crippen LogP contribution in [0.4, 0.5) is 4.39 Å². The van der Waals surface area contributed by atoms with Crippen molar-refractivity contribution in [2.45, 2.75) is 19.8 Å². The molecule has 4 nitrogen and oxygen atoms in total. The molecule has 0 amide bonds. The Morgan fingerprint density at radius 1 is 1.04 bits per heavy atom.